The van der Waals surface area contributed by atoms with E-state index in [-0.39, 0.29) is 27.6 Å². The molecule has 0 aliphatic carbocycles. The average molecular weight is 438 g/mol. The van der Waals surface area contributed by atoms with Gasteiger partial charge in [-0.15, -0.1) is 0 Å². The first-order valence-electron chi connectivity index (χ1n) is 8.58. The van der Waals surface area contributed by atoms with E-state index >= 15 is 0 Å². The third-order valence-corrected chi connectivity index (χ3v) is 5.01. The molecule has 10 nitrogen and oxygen atoms in total. The van der Waals surface area contributed by atoms with E-state index in [4.69, 9.17) is 9.56 Å². The van der Waals surface area contributed by atoms with Gasteiger partial charge in [0.05, 0.1) is 9.82 Å². The molecule has 0 fully saturated rings. The zero-order chi connectivity index (χ0) is 22.6. The number of sulfonamides is 1. The molecule has 0 aliphatic heterocycles. The van der Waals surface area contributed by atoms with Crippen molar-refractivity contribution in [2.75, 3.05) is 5.32 Å². The molecule has 0 saturated carbocycles. The number of nitrogens with one attached hydrogen (secondary N) is 1. The highest BCUT2D eigenvalue weighted by molar-refractivity contribution is 7.89. The van der Waals surface area contributed by atoms with Gasteiger partial charge in [-0.1, -0.05) is 0 Å². The Hall–Kier alpha value is -4.27. The Balaban J connectivity index is 1.77. The summed E-state index contributed by atoms with van der Waals surface area (Å²) in [5.74, 6) is -0.104. The first-order valence-corrected chi connectivity index (χ1v) is 10.1. The quantitative estimate of drug-likeness (QED) is 0.258. The van der Waals surface area contributed by atoms with Crippen molar-refractivity contribution in [1.29, 1.82) is 5.26 Å². The van der Waals surface area contributed by atoms with E-state index in [9.17, 15) is 28.6 Å². The summed E-state index contributed by atoms with van der Waals surface area (Å²) in [6.45, 7) is 0. The van der Waals surface area contributed by atoms with E-state index < -0.39 is 20.9 Å². The Bertz CT molecular complexity index is 1320. The van der Waals surface area contributed by atoms with Gasteiger partial charge in [0.15, 0.2) is 0 Å². The third-order valence-electron chi connectivity index (χ3n) is 4.08. The van der Waals surface area contributed by atoms with Crippen LogP contribution in [0.2, 0.25) is 0 Å². The zero-order valence-electron chi connectivity index (χ0n) is 15.7. The number of nitrogens with zero attached hydrogens (tertiary/aromatic N) is 2. The fraction of sp³-hybridized carbons (Fsp3) is 0. The van der Waals surface area contributed by atoms with Gasteiger partial charge in [-0.25, -0.2) is 13.6 Å². The van der Waals surface area contributed by atoms with Crippen molar-refractivity contribution < 1.29 is 22.6 Å². The van der Waals surface area contributed by atoms with Gasteiger partial charge in [0.2, 0.25) is 10.0 Å². The van der Waals surface area contributed by atoms with Crippen LogP contribution >= 0.6 is 0 Å². The molecule has 11 heteroatoms. The number of carbonyl (C=O) groups excluding carboxylic acids is 1. The topological polar surface area (TPSA) is 169 Å². The molecule has 0 atom stereocenters. The molecule has 3 N–H and O–H groups in total. The van der Waals surface area contributed by atoms with E-state index in [0.29, 0.717) is 11.3 Å². The molecular weight excluding hydrogens is 424 g/mol. The summed E-state index contributed by atoms with van der Waals surface area (Å²) in [7, 11) is -3.81. The van der Waals surface area contributed by atoms with E-state index in [0.717, 1.165) is 0 Å². The molecule has 0 aliphatic rings. The number of carbonyl (C=O) groups is 1. The molecule has 3 rings (SSSR count). The molecule has 3 aromatic rings. The Kier molecular flexibility index (Phi) is 5.96. The zero-order valence-corrected chi connectivity index (χ0v) is 16.5. The second-order valence-electron chi connectivity index (χ2n) is 6.20. The van der Waals surface area contributed by atoms with Crippen LogP contribution in [-0.2, 0) is 14.8 Å². The molecule has 0 bridgehead atoms. The summed E-state index contributed by atoms with van der Waals surface area (Å²) in [6.07, 6.45) is 1.24. The number of nitriles is 1. The monoisotopic (exact) mass is 438 g/mol. The summed E-state index contributed by atoms with van der Waals surface area (Å²) in [6, 6.07) is 15.8. The number of rotatable bonds is 6. The van der Waals surface area contributed by atoms with Crippen LogP contribution in [0, 0.1) is 21.4 Å². The summed E-state index contributed by atoms with van der Waals surface area (Å²) in [5, 5.41) is 27.5. The standard InChI is InChI=1S/C20H14N4O6S/c21-12-14(20(25)23-15-3-5-16(6-4-15)24(26)27)11-17-7-10-19(30-17)13-1-8-18(9-2-13)31(22,28)29/h1-11H,(H,23,25)(H2,22,28,29)/b14-11+. The number of furan rings is 1. The van der Waals surface area contributed by atoms with Crippen LogP contribution in [0.3, 0.4) is 0 Å². The molecule has 156 valence electrons. The maximum atomic E-state index is 12.3. The lowest BCUT2D eigenvalue weighted by Gasteiger charge is -2.03. The minimum Gasteiger partial charge on any atom is -0.457 e. The predicted molar refractivity (Wildman–Crippen MR) is 111 cm³/mol. The van der Waals surface area contributed by atoms with Crippen molar-refractivity contribution in [1.82, 2.24) is 0 Å². The largest absolute Gasteiger partial charge is 0.457 e. The predicted octanol–water partition coefficient (Wildman–Crippen LogP) is 3.05. The first kappa shape index (κ1) is 21.4. The van der Waals surface area contributed by atoms with Crippen molar-refractivity contribution in [2.24, 2.45) is 5.14 Å². The van der Waals surface area contributed by atoms with Gasteiger partial charge in [0.1, 0.15) is 23.2 Å². The highest BCUT2D eigenvalue weighted by atomic mass is 32.2. The number of primary sulfonamides is 1. The molecule has 2 aromatic carbocycles. The highest BCUT2D eigenvalue weighted by Gasteiger charge is 2.13. The number of nitrogens with two attached hydrogens (primary N) is 1. The lowest BCUT2D eigenvalue weighted by Crippen LogP contribution is -2.13. The number of benzene rings is 2. The number of non-ortho nitro benzene ring substituents is 1. The molecule has 0 spiro atoms. The Morgan fingerprint density at radius 2 is 1.74 bits per heavy atom. The second kappa shape index (κ2) is 8.62. The molecule has 0 unspecified atom stereocenters. The molecule has 0 radical (unpaired) electrons. The van der Waals surface area contributed by atoms with Crippen LogP contribution in [0.25, 0.3) is 17.4 Å². The maximum Gasteiger partial charge on any atom is 0.269 e. The molecule has 31 heavy (non-hydrogen) atoms. The number of nitro benzene ring substituents is 1. The summed E-state index contributed by atoms with van der Waals surface area (Å²) in [5.41, 5.74) is 0.478. The number of amides is 1. The Morgan fingerprint density at radius 1 is 1.10 bits per heavy atom. The van der Waals surface area contributed by atoms with E-state index in [1.54, 1.807) is 18.2 Å². The molecule has 1 heterocycles. The van der Waals surface area contributed by atoms with Crippen LogP contribution < -0.4 is 10.5 Å². The van der Waals surface area contributed by atoms with Crippen LogP contribution in [0.1, 0.15) is 5.76 Å². The first-order chi connectivity index (χ1) is 14.7. The fourth-order valence-corrected chi connectivity index (χ4v) is 3.07. The number of hydrogen-bond acceptors (Lipinski definition) is 7. The highest BCUT2D eigenvalue weighted by Crippen LogP contribution is 2.25. The van der Waals surface area contributed by atoms with Crippen molar-refractivity contribution >= 4 is 33.4 Å². The maximum absolute atomic E-state index is 12.3. The van der Waals surface area contributed by atoms with Gasteiger partial charge in [0, 0.05) is 29.5 Å². The normalized spacial score (nSPS) is 11.5. The van der Waals surface area contributed by atoms with Gasteiger partial charge < -0.3 is 9.73 Å². The van der Waals surface area contributed by atoms with Gasteiger partial charge in [0.25, 0.3) is 11.6 Å². The second-order valence-corrected chi connectivity index (χ2v) is 7.76. The molecule has 0 saturated heterocycles. The van der Waals surface area contributed by atoms with Crippen LogP contribution in [0.15, 0.2) is 75.5 Å². The van der Waals surface area contributed by atoms with Gasteiger partial charge in [-0.2, -0.15) is 5.26 Å². The number of hydrogen-bond donors (Lipinski definition) is 2. The molecular formula is C20H14N4O6S. The van der Waals surface area contributed by atoms with Crippen molar-refractivity contribution in [3.05, 3.63) is 82.1 Å². The van der Waals surface area contributed by atoms with Gasteiger partial charge in [-0.05, 0) is 48.5 Å². The smallest absolute Gasteiger partial charge is 0.269 e. The van der Waals surface area contributed by atoms with Crippen LogP contribution in [0.5, 0.6) is 0 Å². The molecule has 1 aromatic heterocycles. The average Bonchev–Trinajstić information content (AvgIpc) is 3.20. The lowest BCUT2D eigenvalue weighted by atomic mass is 10.2. The van der Waals surface area contributed by atoms with Gasteiger partial charge >= 0.3 is 0 Å². The van der Waals surface area contributed by atoms with Crippen LogP contribution in [-0.4, -0.2) is 19.2 Å². The summed E-state index contributed by atoms with van der Waals surface area (Å²) in [4.78, 5) is 22.4. The summed E-state index contributed by atoms with van der Waals surface area (Å²) >= 11 is 0. The Morgan fingerprint density at radius 3 is 2.29 bits per heavy atom. The van der Waals surface area contributed by atoms with Crippen molar-refractivity contribution in [2.45, 2.75) is 4.90 Å². The van der Waals surface area contributed by atoms with Crippen molar-refractivity contribution in [3.8, 4) is 17.4 Å². The Labute approximate surface area is 176 Å². The van der Waals surface area contributed by atoms with E-state index in [2.05, 4.69) is 5.32 Å². The minimum atomic E-state index is -3.81. The van der Waals surface area contributed by atoms with Gasteiger partial charge in [-0.3, -0.25) is 14.9 Å². The van der Waals surface area contributed by atoms with Crippen LogP contribution in [0.4, 0.5) is 11.4 Å². The third kappa shape index (κ3) is 5.21. The lowest BCUT2D eigenvalue weighted by molar-refractivity contribution is -0.384. The van der Waals surface area contributed by atoms with Crippen molar-refractivity contribution in [3.63, 3.8) is 0 Å². The summed E-state index contributed by atoms with van der Waals surface area (Å²) < 4.78 is 28.3. The number of anilines is 1. The fourth-order valence-electron chi connectivity index (χ4n) is 2.55. The SMILES string of the molecule is N#C/C(=C\c1ccc(-c2ccc(S(N)(=O)=O)cc2)o1)C(=O)Nc1ccc([N+](=O)[O-])cc1. The van der Waals surface area contributed by atoms with E-state index in [1.165, 1.54) is 54.6 Å². The minimum absolute atomic E-state index is 0.0439. The van der Waals surface area contributed by atoms with E-state index in [1.807, 2.05) is 0 Å². The molecule has 1 amide bonds. The number of nitro groups is 1.